The van der Waals surface area contributed by atoms with Crippen molar-refractivity contribution < 1.29 is 14.5 Å². The monoisotopic (exact) mass is 354 g/mol. The molecule has 1 aromatic heterocycles. The highest BCUT2D eigenvalue weighted by Gasteiger charge is 2.05. The SMILES string of the molecule is Cc1ccc(C(=O)NCCNC(=O)/C=C/c2cccc([N+](=O)[O-])c2)cn1. The van der Waals surface area contributed by atoms with E-state index in [4.69, 9.17) is 0 Å². The Morgan fingerprint density at radius 3 is 2.65 bits per heavy atom. The van der Waals surface area contributed by atoms with Crippen molar-refractivity contribution in [3.05, 3.63) is 75.6 Å². The molecule has 0 aliphatic heterocycles. The summed E-state index contributed by atoms with van der Waals surface area (Å²) in [6.07, 6.45) is 4.26. The minimum atomic E-state index is -0.496. The first kappa shape index (κ1) is 18.8. The Hall–Kier alpha value is -3.55. The molecule has 1 heterocycles. The first-order valence-corrected chi connectivity index (χ1v) is 7.87. The molecule has 0 aliphatic rings. The van der Waals surface area contributed by atoms with Crippen LogP contribution in [0.25, 0.3) is 6.08 Å². The summed E-state index contributed by atoms with van der Waals surface area (Å²) < 4.78 is 0. The lowest BCUT2D eigenvalue weighted by Gasteiger charge is -2.05. The average Bonchev–Trinajstić information content (AvgIpc) is 2.64. The second kappa shape index (κ2) is 9.07. The van der Waals surface area contributed by atoms with Gasteiger partial charge in [0.1, 0.15) is 0 Å². The number of carbonyl (C=O) groups excluding carboxylic acids is 2. The molecule has 0 unspecified atom stereocenters. The maximum atomic E-state index is 11.9. The molecular formula is C18H18N4O4. The highest BCUT2D eigenvalue weighted by atomic mass is 16.6. The standard InChI is InChI=1S/C18H18N4O4/c1-13-5-7-15(12-21-13)18(24)20-10-9-19-17(23)8-6-14-3-2-4-16(11-14)22(25)26/h2-8,11-12H,9-10H2,1H3,(H,19,23)(H,20,24)/b8-6+. The number of nitrogens with zero attached hydrogens (tertiary/aromatic N) is 2. The van der Waals surface area contributed by atoms with E-state index in [0.29, 0.717) is 11.1 Å². The Kier molecular flexibility index (Phi) is 6.55. The predicted molar refractivity (Wildman–Crippen MR) is 96.4 cm³/mol. The predicted octanol–water partition coefficient (Wildman–Crippen LogP) is 1.86. The summed E-state index contributed by atoms with van der Waals surface area (Å²) in [5.41, 5.74) is 1.78. The number of aryl methyl sites for hydroxylation is 1. The fourth-order valence-corrected chi connectivity index (χ4v) is 2.04. The van der Waals surface area contributed by atoms with Crippen molar-refractivity contribution in [1.82, 2.24) is 15.6 Å². The van der Waals surface area contributed by atoms with Crippen molar-refractivity contribution in [2.45, 2.75) is 6.92 Å². The normalized spacial score (nSPS) is 10.5. The lowest BCUT2D eigenvalue weighted by molar-refractivity contribution is -0.384. The topological polar surface area (TPSA) is 114 Å². The van der Waals surface area contributed by atoms with Gasteiger partial charge >= 0.3 is 0 Å². The van der Waals surface area contributed by atoms with Gasteiger partial charge in [-0.3, -0.25) is 24.7 Å². The number of rotatable bonds is 7. The number of aromatic nitrogens is 1. The van der Waals surface area contributed by atoms with E-state index in [1.807, 2.05) is 6.92 Å². The summed E-state index contributed by atoms with van der Waals surface area (Å²) in [5, 5.41) is 16.0. The third-order valence-corrected chi connectivity index (χ3v) is 3.39. The van der Waals surface area contributed by atoms with Crippen LogP contribution in [-0.2, 0) is 4.79 Å². The van der Waals surface area contributed by atoms with Crippen LogP contribution in [-0.4, -0.2) is 34.8 Å². The van der Waals surface area contributed by atoms with Gasteiger partial charge in [-0.1, -0.05) is 12.1 Å². The molecule has 26 heavy (non-hydrogen) atoms. The Morgan fingerprint density at radius 2 is 1.96 bits per heavy atom. The fraction of sp³-hybridized carbons (Fsp3) is 0.167. The van der Waals surface area contributed by atoms with E-state index in [2.05, 4.69) is 15.6 Å². The van der Waals surface area contributed by atoms with Gasteiger partial charge in [0.2, 0.25) is 5.91 Å². The van der Waals surface area contributed by atoms with Gasteiger partial charge in [-0.25, -0.2) is 0 Å². The summed E-state index contributed by atoms with van der Waals surface area (Å²) >= 11 is 0. The molecule has 0 saturated heterocycles. The van der Waals surface area contributed by atoms with Gasteiger partial charge in [-0.15, -0.1) is 0 Å². The molecule has 0 spiro atoms. The number of nitro benzene ring substituents is 1. The molecule has 0 radical (unpaired) electrons. The van der Waals surface area contributed by atoms with Crippen LogP contribution in [0.2, 0.25) is 0 Å². The van der Waals surface area contributed by atoms with Crippen LogP contribution >= 0.6 is 0 Å². The summed E-state index contributed by atoms with van der Waals surface area (Å²) in [6, 6.07) is 9.38. The molecule has 8 heteroatoms. The molecule has 2 amide bonds. The van der Waals surface area contributed by atoms with Gasteiger partial charge in [0.15, 0.2) is 0 Å². The lowest BCUT2D eigenvalue weighted by atomic mass is 10.2. The lowest BCUT2D eigenvalue weighted by Crippen LogP contribution is -2.34. The van der Waals surface area contributed by atoms with Gasteiger partial charge in [0.25, 0.3) is 11.6 Å². The minimum absolute atomic E-state index is 0.0409. The molecule has 1 aromatic carbocycles. The van der Waals surface area contributed by atoms with Crippen molar-refractivity contribution in [3.63, 3.8) is 0 Å². The second-order valence-electron chi connectivity index (χ2n) is 5.42. The van der Waals surface area contributed by atoms with Crippen LogP contribution in [0.4, 0.5) is 5.69 Å². The van der Waals surface area contributed by atoms with E-state index in [1.54, 1.807) is 24.3 Å². The molecule has 0 saturated carbocycles. The number of carbonyl (C=O) groups is 2. The minimum Gasteiger partial charge on any atom is -0.351 e. The first-order valence-electron chi connectivity index (χ1n) is 7.87. The van der Waals surface area contributed by atoms with Crippen molar-refractivity contribution in [3.8, 4) is 0 Å². The third-order valence-electron chi connectivity index (χ3n) is 3.39. The molecule has 8 nitrogen and oxygen atoms in total. The molecule has 0 fully saturated rings. The number of pyridine rings is 1. The van der Waals surface area contributed by atoms with Crippen LogP contribution < -0.4 is 10.6 Å². The summed E-state index contributed by atoms with van der Waals surface area (Å²) in [7, 11) is 0. The summed E-state index contributed by atoms with van der Waals surface area (Å²) in [4.78, 5) is 37.9. The zero-order valence-corrected chi connectivity index (χ0v) is 14.1. The van der Waals surface area contributed by atoms with Crippen LogP contribution in [0, 0.1) is 17.0 Å². The van der Waals surface area contributed by atoms with Crippen LogP contribution in [0.15, 0.2) is 48.7 Å². The quantitative estimate of drug-likeness (QED) is 0.341. The van der Waals surface area contributed by atoms with E-state index in [-0.39, 0.29) is 30.6 Å². The summed E-state index contributed by atoms with van der Waals surface area (Å²) in [6.45, 7) is 2.35. The smallest absolute Gasteiger partial charge is 0.270 e. The van der Waals surface area contributed by atoms with Gasteiger partial charge in [0, 0.05) is 43.2 Å². The Labute approximate surface area is 150 Å². The van der Waals surface area contributed by atoms with E-state index in [9.17, 15) is 19.7 Å². The maximum absolute atomic E-state index is 11.9. The van der Waals surface area contributed by atoms with Gasteiger partial charge < -0.3 is 10.6 Å². The highest BCUT2D eigenvalue weighted by Crippen LogP contribution is 2.13. The van der Waals surface area contributed by atoms with Crippen molar-refractivity contribution in [1.29, 1.82) is 0 Å². The molecule has 2 N–H and O–H groups in total. The number of benzene rings is 1. The van der Waals surface area contributed by atoms with Crippen LogP contribution in [0.3, 0.4) is 0 Å². The molecule has 0 atom stereocenters. The Bertz CT molecular complexity index is 831. The van der Waals surface area contributed by atoms with Gasteiger partial charge in [-0.05, 0) is 30.7 Å². The highest BCUT2D eigenvalue weighted by molar-refractivity contribution is 5.94. The largest absolute Gasteiger partial charge is 0.351 e. The fourth-order valence-electron chi connectivity index (χ4n) is 2.04. The zero-order valence-electron chi connectivity index (χ0n) is 14.1. The number of amides is 2. The van der Waals surface area contributed by atoms with Crippen LogP contribution in [0.1, 0.15) is 21.6 Å². The number of hydrogen-bond acceptors (Lipinski definition) is 5. The van der Waals surface area contributed by atoms with E-state index < -0.39 is 4.92 Å². The number of hydrogen-bond donors (Lipinski definition) is 2. The molecule has 2 rings (SSSR count). The van der Waals surface area contributed by atoms with E-state index in [0.717, 1.165) is 5.69 Å². The molecule has 0 aliphatic carbocycles. The number of non-ortho nitro benzene ring substituents is 1. The summed E-state index contributed by atoms with van der Waals surface area (Å²) in [5.74, 6) is -0.623. The molecular weight excluding hydrogens is 336 g/mol. The van der Waals surface area contributed by atoms with E-state index >= 15 is 0 Å². The third kappa shape index (κ3) is 5.82. The number of nitro groups is 1. The average molecular weight is 354 g/mol. The van der Waals surface area contributed by atoms with Gasteiger partial charge in [-0.2, -0.15) is 0 Å². The van der Waals surface area contributed by atoms with Crippen molar-refractivity contribution in [2.75, 3.05) is 13.1 Å². The first-order chi connectivity index (χ1) is 12.5. The van der Waals surface area contributed by atoms with Crippen LogP contribution in [0.5, 0.6) is 0 Å². The maximum Gasteiger partial charge on any atom is 0.270 e. The van der Waals surface area contributed by atoms with Gasteiger partial charge in [0.05, 0.1) is 10.5 Å². The zero-order chi connectivity index (χ0) is 18.9. The molecule has 134 valence electrons. The Morgan fingerprint density at radius 1 is 1.19 bits per heavy atom. The second-order valence-corrected chi connectivity index (χ2v) is 5.42. The van der Waals surface area contributed by atoms with E-state index in [1.165, 1.54) is 30.5 Å². The van der Waals surface area contributed by atoms with Crippen molar-refractivity contribution >= 4 is 23.6 Å². The Balaban J connectivity index is 1.75. The molecule has 0 bridgehead atoms. The molecule has 2 aromatic rings. The van der Waals surface area contributed by atoms with Crippen molar-refractivity contribution in [2.24, 2.45) is 0 Å². The number of nitrogens with one attached hydrogen (secondary N) is 2.